The number of rotatable bonds is 3. The number of hydrogen-bond donors (Lipinski definition) is 1. The normalized spacial score (nSPS) is 18.1. The standard InChI is InChI=1S/C21H23N3O2S/c1-27-18-9-5-8-17(14-18)22-20(25)24-12-10-21(11-13-24)15-19(23-26-21)16-6-3-2-4-7-16/h2-9,14H,10-13,15H2,1H3,(H,22,25). The Morgan fingerprint density at radius 1 is 1.15 bits per heavy atom. The number of hydrogen-bond acceptors (Lipinski definition) is 4. The van der Waals surface area contributed by atoms with Gasteiger partial charge in [0.05, 0.1) is 5.71 Å². The van der Waals surface area contributed by atoms with Crippen LogP contribution >= 0.6 is 11.8 Å². The third-order valence-electron chi connectivity index (χ3n) is 5.23. The Hall–Kier alpha value is -2.47. The maximum absolute atomic E-state index is 12.6. The van der Waals surface area contributed by atoms with E-state index in [0.717, 1.165) is 41.1 Å². The molecule has 0 bridgehead atoms. The number of likely N-dealkylation sites (tertiary alicyclic amines) is 1. The predicted molar refractivity (Wildman–Crippen MR) is 109 cm³/mol. The van der Waals surface area contributed by atoms with Gasteiger partial charge in [0.1, 0.15) is 5.60 Å². The predicted octanol–water partition coefficient (Wildman–Crippen LogP) is 4.60. The van der Waals surface area contributed by atoms with Crippen molar-refractivity contribution in [1.29, 1.82) is 0 Å². The zero-order valence-electron chi connectivity index (χ0n) is 15.4. The van der Waals surface area contributed by atoms with E-state index in [0.29, 0.717) is 13.1 Å². The SMILES string of the molecule is CSc1cccc(NC(=O)N2CCC3(CC2)CC(c2ccccc2)=NO3)c1. The van der Waals surface area contributed by atoms with E-state index in [1.54, 1.807) is 11.8 Å². The molecule has 0 atom stereocenters. The second-order valence-electron chi connectivity index (χ2n) is 7.00. The molecule has 1 N–H and O–H groups in total. The van der Waals surface area contributed by atoms with E-state index in [4.69, 9.17) is 4.84 Å². The summed E-state index contributed by atoms with van der Waals surface area (Å²) in [4.78, 5) is 21.4. The van der Waals surface area contributed by atoms with Crippen molar-refractivity contribution in [1.82, 2.24) is 4.90 Å². The number of nitrogens with one attached hydrogen (secondary N) is 1. The number of carbonyl (C=O) groups excluding carboxylic acids is 1. The summed E-state index contributed by atoms with van der Waals surface area (Å²) in [5.74, 6) is 0. The summed E-state index contributed by atoms with van der Waals surface area (Å²) < 4.78 is 0. The lowest BCUT2D eigenvalue weighted by Gasteiger charge is -2.37. The van der Waals surface area contributed by atoms with E-state index in [9.17, 15) is 4.79 Å². The van der Waals surface area contributed by atoms with Crippen LogP contribution in [0.2, 0.25) is 0 Å². The van der Waals surface area contributed by atoms with Gasteiger partial charge in [-0.05, 0) is 30.0 Å². The molecule has 0 radical (unpaired) electrons. The molecule has 5 nitrogen and oxygen atoms in total. The zero-order chi connectivity index (χ0) is 18.7. The van der Waals surface area contributed by atoms with Crippen molar-refractivity contribution in [3.05, 3.63) is 60.2 Å². The van der Waals surface area contributed by atoms with Crippen LogP contribution in [-0.4, -0.2) is 41.6 Å². The summed E-state index contributed by atoms with van der Waals surface area (Å²) in [6, 6.07) is 18.0. The van der Waals surface area contributed by atoms with E-state index >= 15 is 0 Å². The fourth-order valence-electron chi connectivity index (χ4n) is 3.60. The smallest absolute Gasteiger partial charge is 0.321 e. The average Bonchev–Trinajstić information content (AvgIpc) is 3.13. The maximum atomic E-state index is 12.6. The summed E-state index contributed by atoms with van der Waals surface area (Å²) in [6.45, 7) is 1.34. The molecule has 2 aliphatic heterocycles. The molecule has 0 unspecified atom stereocenters. The second-order valence-corrected chi connectivity index (χ2v) is 7.88. The number of thioether (sulfide) groups is 1. The van der Waals surface area contributed by atoms with Crippen LogP contribution < -0.4 is 5.32 Å². The Bertz CT molecular complexity index is 846. The molecule has 2 aromatic rings. The minimum atomic E-state index is -0.263. The van der Waals surface area contributed by atoms with Gasteiger partial charge in [-0.1, -0.05) is 41.6 Å². The van der Waals surface area contributed by atoms with Gasteiger partial charge in [-0.2, -0.15) is 0 Å². The minimum Gasteiger partial charge on any atom is -0.388 e. The molecule has 6 heteroatoms. The van der Waals surface area contributed by atoms with Crippen LogP contribution in [0.5, 0.6) is 0 Å². The Kier molecular flexibility index (Phi) is 5.07. The number of nitrogens with zero attached hydrogens (tertiary/aromatic N) is 2. The molecule has 27 heavy (non-hydrogen) atoms. The number of benzene rings is 2. The third-order valence-corrected chi connectivity index (χ3v) is 5.95. The Morgan fingerprint density at radius 3 is 2.67 bits per heavy atom. The summed E-state index contributed by atoms with van der Waals surface area (Å²) >= 11 is 1.66. The second kappa shape index (κ2) is 7.64. The van der Waals surface area contributed by atoms with Crippen molar-refractivity contribution in [2.45, 2.75) is 29.8 Å². The minimum absolute atomic E-state index is 0.0506. The number of anilines is 1. The van der Waals surface area contributed by atoms with E-state index in [2.05, 4.69) is 22.6 Å². The molecule has 2 heterocycles. The van der Waals surface area contributed by atoms with Crippen LogP contribution in [0.25, 0.3) is 0 Å². The van der Waals surface area contributed by atoms with E-state index in [1.807, 2.05) is 53.6 Å². The fraction of sp³-hybridized carbons (Fsp3) is 0.333. The summed E-state index contributed by atoms with van der Waals surface area (Å²) in [5, 5.41) is 7.34. The number of carbonyl (C=O) groups is 1. The lowest BCUT2D eigenvalue weighted by molar-refractivity contribution is -0.0544. The highest BCUT2D eigenvalue weighted by Crippen LogP contribution is 2.36. The van der Waals surface area contributed by atoms with Crippen LogP contribution in [0.4, 0.5) is 10.5 Å². The molecule has 140 valence electrons. The molecule has 2 aliphatic rings. The molecule has 0 aliphatic carbocycles. The van der Waals surface area contributed by atoms with Gasteiger partial charge in [0.15, 0.2) is 0 Å². The lowest BCUT2D eigenvalue weighted by atomic mass is 9.85. The topological polar surface area (TPSA) is 53.9 Å². The van der Waals surface area contributed by atoms with E-state index in [1.165, 1.54) is 0 Å². The van der Waals surface area contributed by atoms with Crippen LogP contribution in [0, 0.1) is 0 Å². The van der Waals surface area contributed by atoms with Gasteiger partial charge in [0.2, 0.25) is 0 Å². The average molecular weight is 382 g/mol. The first-order valence-corrected chi connectivity index (χ1v) is 10.4. The lowest BCUT2D eigenvalue weighted by Crippen LogP contribution is -2.48. The van der Waals surface area contributed by atoms with Crippen LogP contribution in [-0.2, 0) is 4.84 Å². The Balaban J connectivity index is 1.33. The van der Waals surface area contributed by atoms with E-state index < -0.39 is 0 Å². The van der Waals surface area contributed by atoms with Crippen molar-refractivity contribution in [3.8, 4) is 0 Å². The first kappa shape index (κ1) is 17.9. The highest BCUT2D eigenvalue weighted by Gasteiger charge is 2.43. The van der Waals surface area contributed by atoms with Gasteiger partial charge in [-0.3, -0.25) is 0 Å². The third kappa shape index (κ3) is 3.95. The monoisotopic (exact) mass is 381 g/mol. The van der Waals surface area contributed by atoms with E-state index in [-0.39, 0.29) is 11.6 Å². The molecule has 1 saturated heterocycles. The van der Waals surface area contributed by atoms with Crippen LogP contribution in [0.1, 0.15) is 24.8 Å². The van der Waals surface area contributed by atoms with Crippen molar-refractivity contribution < 1.29 is 9.63 Å². The molecule has 2 aromatic carbocycles. The zero-order valence-corrected chi connectivity index (χ0v) is 16.2. The van der Waals surface area contributed by atoms with Crippen molar-refractivity contribution >= 4 is 29.2 Å². The molecule has 1 fully saturated rings. The maximum Gasteiger partial charge on any atom is 0.321 e. The van der Waals surface area contributed by atoms with Crippen LogP contribution in [0.3, 0.4) is 0 Å². The number of oxime groups is 1. The highest BCUT2D eigenvalue weighted by molar-refractivity contribution is 7.98. The van der Waals surface area contributed by atoms with Crippen LogP contribution in [0.15, 0.2) is 64.6 Å². The summed E-state index contributed by atoms with van der Waals surface area (Å²) in [6.07, 6.45) is 4.43. The van der Waals surface area contributed by atoms with Crippen molar-refractivity contribution in [3.63, 3.8) is 0 Å². The molecular formula is C21H23N3O2S. The number of piperidine rings is 1. The van der Waals surface area contributed by atoms with Gasteiger partial charge in [-0.15, -0.1) is 11.8 Å². The summed E-state index contributed by atoms with van der Waals surface area (Å²) in [5.41, 5.74) is 2.69. The molecular weight excluding hydrogens is 358 g/mol. The number of amides is 2. The first-order chi connectivity index (χ1) is 13.2. The van der Waals surface area contributed by atoms with Gasteiger partial charge < -0.3 is 15.1 Å². The molecule has 4 rings (SSSR count). The molecule has 0 saturated carbocycles. The molecule has 0 aromatic heterocycles. The van der Waals surface area contributed by atoms with Gasteiger partial charge in [0, 0.05) is 42.9 Å². The van der Waals surface area contributed by atoms with Gasteiger partial charge in [0.25, 0.3) is 0 Å². The van der Waals surface area contributed by atoms with Gasteiger partial charge >= 0.3 is 6.03 Å². The highest BCUT2D eigenvalue weighted by atomic mass is 32.2. The van der Waals surface area contributed by atoms with Crippen molar-refractivity contribution in [2.75, 3.05) is 24.7 Å². The van der Waals surface area contributed by atoms with Gasteiger partial charge in [-0.25, -0.2) is 4.79 Å². The molecule has 2 amide bonds. The number of urea groups is 1. The summed E-state index contributed by atoms with van der Waals surface area (Å²) in [7, 11) is 0. The largest absolute Gasteiger partial charge is 0.388 e. The Morgan fingerprint density at radius 2 is 1.93 bits per heavy atom. The molecule has 1 spiro atoms. The Labute approximate surface area is 163 Å². The van der Waals surface area contributed by atoms with Crippen molar-refractivity contribution in [2.24, 2.45) is 5.16 Å². The first-order valence-electron chi connectivity index (χ1n) is 9.18. The fourth-order valence-corrected chi connectivity index (χ4v) is 4.06. The quantitative estimate of drug-likeness (QED) is 0.791.